The molecule has 0 aliphatic rings. The summed E-state index contributed by atoms with van der Waals surface area (Å²) >= 11 is 0. The SMILES string of the molecule is CCN(CCNCCN(C)C)Cc1cccc(C)n1. The zero-order chi connectivity index (χ0) is 14.1. The number of likely N-dealkylation sites (N-methyl/N-ethyl adjacent to an activating group) is 2. The Kier molecular flexibility index (Phi) is 7.63. The van der Waals surface area contributed by atoms with Gasteiger partial charge >= 0.3 is 0 Å². The molecule has 19 heavy (non-hydrogen) atoms. The molecule has 1 N–H and O–H groups in total. The van der Waals surface area contributed by atoms with Crippen molar-refractivity contribution >= 4 is 0 Å². The van der Waals surface area contributed by atoms with Crippen LogP contribution in [0.4, 0.5) is 0 Å². The van der Waals surface area contributed by atoms with Crippen LogP contribution in [0.15, 0.2) is 18.2 Å². The molecule has 0 saturated carbocycles. The van der Waals surface area contributed by atoms with E-state index < -0.39 is 0 Å². The first kappa shape index (κ1) is 16.1. The Hall–Kier alpha value is -0.970. The molecule has 0 saturated heterocycles. The van der Waals surface area contributed by atoms with Gasteiger partial charge in [-0.1, -0.05) is 13.0 Å². The first-order valence-electron chi connectivity index (χ1n) is 7.12. The van der Waals surface area contributed by atoms with Crippen molar-refractivity contribution in [2.75, 3.05) is 46.8 Å². The van der Waals surface area contributed by atoms with Gasteiger partial charge in [0.15, 0.2) is 0 Å². The van der Waals surface area contributed by atoms with Crippen LogP contribution < -0.4 is 5.32 Å². The first-order chi connectivity index (χ1) is 9.11. The van der Waals surface area contributed by atoms with Gasteiger partial charge in [0.2, 0.25) is 0 Å². The minimum absolute atomic E-state index is 0.938. The summed E-state index contributed by atoms with van der Waals surface area (Å²) in [5, 5.41) is 3.47. The summed E-state index contributed by atoms with van der Waals surface area (Å²) in [6, 6.07) is 6.23. The van der Waals surface area contributed by atoms with Crippen LogP contribution in [0.1, 0.15) is 18.3 Å². The van der Waals surface area contributed by atoms with E-state index in [9.17, 15) is 0 Å². The van der Waals surface area contributed by atoms with Crippen LogP contribution in [0.2, 0.25) is 0 Å². The third-order valence-electron chi connectivity index (χ3n) is 3.12. The molecular formula is C15H28N4. The van der Waals surface area contributed by atoms with E-state index in [1.165, 1.54) is 0 Å². The summed E-state index contributed by atoms with van der Waals surface area (Å²) in [4.78, 5) is 9.18. The molecule has 0 atom stereocenters. The second kappa shape index (κ2) is 9.02. The summed E-state index contributed by atoms with van der Waals surface area (Å²) in [6.07, 6.45) is 0. The van der Waals surface area contributed by atoms with Crippen LogP contribution in [0.5, 0.6) is 0 Å². The van der Waals surface area contributed by atoms with Crippen molar-refractivity contribution in [1.29, 1.82) is 0 Å². The van der Waals surface area contributed by atoms with Gasteiger partial charge in [-0.3, -0.25) is 9.88 Å². The molecule has 108 valence electrons. The third kappa shape index (κ3) is 7.25. The highest BCUT2D eigenvalue weighted by Gasteiger charge is 2.04. The summed E-state index contributed by atoms with van der Waals surface area (Å²) in [5.41, 5.74) is 2.26. The number of hydrogen-bond acceptors (Lipinski definition) is 4. The van der Waals surface area contributed by atoms with Crippen molar-refractivity contribution in [1.82, 2.24) is 20.1 Å². The normalized spacial score (nSPS) is 11.5. The van der Waals surface area contributed by atoms with Crippen LogP contribution in [0, 0.1) is 6.92 Å². The lowest BCUT2D eigenvalue weighted by Crippen LogP contribution is -2.34. The monoisotopic (exact) mass is 264 g/mol. The second-order valence-electron chi connectivity index (χ2n) is 5.19. The minimum atomic E-state index is 0.938. The molecular weight excluding hydrogens is 236 g/mol. The number of hydrogen-bond donors (Lipinski definition) is 1. The maximum atomic E-state index is 4.56. The van der Waals surface area contributed by atoms with Crippen molar-refractivity contribution in [2.45, 2.75) is 20.4 Å². The van der Waals surface area contributed by atoms with Crippen molar-refractivity contribution in [3.8, 4) is 0 Å². The lowest BCUT2D eigenvalue weighted by Gasteiger charge is -2.20. The van der Waals surface area contributed by atoms with Crippen LogP contribution >= 0.6 is 0 Å². The topological polar surface area (TPSA) is 31.4 Å². The lowest BCUT2D eigenvalue weighted by molar-refractivity contribution is 0.273. The maximum absolute atomic E-state index is 4.56. The number of rotatable bonds is 9. The van der Waals surface area contributed by atoms with E-state index in [1.807, 2.05) is 13.0 Å². The number of pyridine rings is 1. The van der Waals surface area contributed by atoms with E-state index in [0.29, 0.717) is 0 Å². The fraction of sp³-hybridized carbons (Fsp3) is 0.667. The van der Waals surface area contributed by atoms with Gasteiger partial charge in [-0.05, 0) is 39.7 Å². The smallest absolute Gasteiger partial charge is 0.0547 e. The summed E-state index contributed by atoms with van der Waals surface area (Å²) in [5.74, 6) is 0. The molecule has 1 heterocycles. The van der Waals surface area contributed by atoms with E-state index >= 15 is 0 Å². The molecule has 1 rings (SSSR count). The van der Waals surface area contributed by atoms with Crippen LogP contribution in [0.3, 0.4) is 0 Å². The van der Waals surface area contributed by atoms with Crippen molar-refractivity contribution in [3.63, 3.8) is 0 Å². The standard InChI is InChI=1S/C15H28N4/c1-5-19(12-10-16-9-11-18(3)4)13-15-8-6-7-14(2)17-15/h6-8,16H,5,9-13H2,1-4H3. The fourth-order valence-corrected chi connectivity index (χ4v) is 1.93. The molecule has 0 bridgehead atoms. The number of aryl methyl sites for hydroxylation is 1. The molecule has 4 heteroatoms. The van der Waals surface area contributed by atoms with Gasteiger partial charge < -0.3 is 10.2 Å². The largest absolute Gasteiger partial charge is 0.314 e. The Labute approximate surface area is 117 Å². The van der Waals surface area contributed by atoms with Gasteiger partial charge in [0, 0.05) is 38.4 Å². The molecule has 1 aromatic rings. The van der Waals surface area contributed by atoms with E-state index in [-0.39, 0.29) is 0 Å². The third-order valence-corrected chi connectivity index (χ3v) is 3.12. The molecule has 0 aliphatic heterocycles. The average molecular weight is 264 g/mol. The predicted octanol–water partition coefficient (Wildman–Crippen LogP) is 1.36. The van der Waals surface area contributed by atoms with Crippen LogP contribution in [-0.2, 0) is 6.54 Å². The molecule has 0 aliphatic carbocycles. The molecule has 0 spiro atoms. The van der Waals surface area contributed by atoms with Gasteiger partial charge in [0.25, 0.3) is 0 Å². The van der Waals surface area contributed by atoms with E-state index in [2.05, 4.69) is 53.3 Å². The van der Waals surface area contributed by atoms with Crippen molar-refractivity contribution in [2.24, 2.45) is 0 Å². The van der Waals surface area contributed by atoms with Gasteiger partial charge in [-0.15, -0.1) is 0 Å². The molecule has 0 fully saturated rings. The molecule has 0 unspecified atom stereocenters. The van der Waals surface area contributed by atoms with E-state index in [1.54, 1.807) is 0 Å². The van der Waals surface area contributed by atoms with Gasteiger partial charge in [0.1, 0.15) is 0 Å². The Morgan fingerprint density at radius 3 is 2.53 bits per heavy atom. The van der Waals surface area contributed by atoms with Gasteiger partial charge in [-0.25, -0.2) is 0 Å². The van der Waals surface area contributed by atoms with E-state index in [4.69, 9.17) is 0 Å². The number of nitrogens with zero attached hydrogens (tertiary/aromatic N) is 3. The van der Waals surface area contributed by atoms with Gasteiger partial charge in [0.05, 0.1) is 5.69 Å². The van der Waals surface area contributed by atoms with Crippen molar-refractivity contribution in [3.05, 3.63) is 29.6 Å². The Bertz CT molecular complexity index is 352. The highest BCUT2D eigenvalue weighted by Crippen LogP contribution is 2.02. The average Bonchev–Trinajstić information content (AvgIpc) is 2.36. The first-order valence-corrected chi connectivity index (χ1v) is 7.12. The summed E-state index contributed by atoms with van der Waals surface area (Å²) < 4.78 is 0. The van der Waals surface area contributed by atoms with Crippen LogP contribution in [0.25, 0.3) is 0 Å². The minimum Gasteiger partial charge on any atom is -0.314 e. The summed E-state index contributed by atoms with van der Waals surface area (Å²) in [6.45, 7) is 10.5. The number of aromatic nitrogens is 1. The molecule has 0 radical (unpaired) electrons. The Morgan fingerprint density at radius 2 is 1.89 bits per heavy atom. The Morgan fingerprint density at radius 1 is 1.16 bits per heavy atom. The van der Waals surface area contributed by atoms with Crippen LogP contribution in [-0.4, -0.2) is 61.6 Å². The second-order valence-corrected chi connectivity index (χ2v) is 5.19. The fourth-order valence-electron chi connectivity index (χ4n) is 1.93. The maximum Gasteiger partial charge on any atom is 0.0547 e. The highest BCUT2D eigenvalue weighted by molar-refractivity contribution is 5.09. The predicted molar refractivity (Wildman–Crippen MR) is 81.3 cm³/mol. The summed E-state index contributed by atoms with van der Waals surface area (Å²) in [7, 11) is 4.20. The quantitative estimate of drug-likeness (QED) is 0.683. The lowest BCUT2D eigenvalue weighted by atomic mass is 10.3. The molecule has 0 amide bonds. The molecule has 0 aromatic carbocycles. The molecule has 4 nitrogen and oxygen atoms in total. The van der Waals surface area contributed by atoms with E-state index in [0.717, 1.165) is 50.7 Å². The molecule has 1 aromatic heterocycles. The van der Waals surface area contributed by atoms with Crippen molar-refractivity contribution < 1.29 is 0 Å². The highest BCUT2D eigenvalue weighted by atomic mass is 15.1. The number of nitrogens with one attached hydrogen (secondary N) is 1. The zero-order valence-electron chi connectivity index (χ0n) is 12.8. The zero-order valence-corrected chi connectivity index (χ0v) is 12.8. The van der Waals surface area contributed by atoms with Gasteiger partial charge in [-0.2, -0.15) is 0 Å². The Balaban J connectivity index is 2.26.